The first-order valence-corrected chi connectivity index (χ1v) is 3.91. The second-order valence-electron chi connectivity index (χ2n) is 2.80. The van der Waals surface area contributed by atoms with Gasteiger partial charge in [-0.15, -0.1) is 0 Å². The first-order chi connectivity index (χ1) is 5.63. The number of hydrogen-bond acceptors (Lipinski definition) is 2. The Hall–Kier alpha value is -0.860. The van der Waals surface area contributed by atoms with E-state index < -0.39 is 12.2 Å². The molecule has 2 nitrogen and oxygen atoms in total. The minimum Gasteiger partial charge on any atom is -0.389 e. The Labute approximate surface area is 72.5 Å². The zero-order valence-electron chi connectivity index (χ0n) is 7.20. The molecule has 2 unspecified atom stereocenters. The van der Waals surface area contributed by atoms with Gasteiger partial charge in [0.1, 0.15) is 0 Å². The molecule has 0 bridgehead atoms. The fourth-order valence-electron chi connectivity index (χ4n) is 1.11. The smallest absolute Gasteiger partial charge is 0.0771 e. The highest BCUT2D eigenvalue weighted by atomic mass is 16.3. The van der Waals surface area contributed by atoms with E-state index in [0.717, 1.165) is 0 Å². The molecule has 64 valence electrons. The largest absolute Gasteiger partial charge is 0.389 e. The topological polar surface area (TPSA) is 40.5 Å². The van der Waals surface area contributed by atoms with E-state index in [2.05, 4.69) is 12.1 Å². The van der Waals surface area contributed by atoms with Crippen molar-refractivity contribution in [2.45, 2.75) is 26.1 Å². The van der Waals surface area contributed by atoms with Gasteiger partial charge in [0.15, 0.2) is 0 Å². The number of aliphatic hydroxyl groups is 2. The van der Waals surface area contributed by atoms with Gasteiger partial charge >= 0.3 is 0 Å². The van der Waals surface area contributed by atoms with Crippen molar-refractivity contribution in [1.82, 2.24) is 0 Å². The van der Waals surface area contributed by atoms with Crippen molar-refractivity contribution in [2.24, 2.45) is 0 Å². The molecule has 0 spiro atoms. The number of aliphatic hydroxyl groups excluding tert-OH is 2. The van der Waals surface area contributed by atoms with Crippen LogP contribution in [0.2, 0.25) is 0 Å². The van der Waals surface area contributed by atoms with Crippen molar-refractivity contribution in [1.29, 1.82) is 0 Å². The standard InChI is InChI=1S/C10H12O2/c1-7(11)9-5-3-4-6-10(9)8(2)12/h3-4,7-8,11-12H,1-2H3. The van der Waals surface area contributed by atoms with Crippen molar-refractivity contribution in [3.63, 3.8) is 0 Å². The summed E-state index contributed by atoms with van der Waals surface area (Å²) >= 11 is 0. The van der Waals surface area contributed by atoms with Crippen LogP contribution in [0.25, 0.3) is 0 Å². The average Bonchev–Trinajstić information content (AvgIpc) is 2.04. The zero-order chi connectivity index (χ0) is 9.14. The molecule has 12 heavy (non-hydrogen) atoms. The Balaban J connectivity index is 3.09. The molecular formula is C10H12O2. The molecule has 0 heterocycles. The van der Waals surface area contributed by atoms with Gasteiger partial charge < -0.3 is 10.2 Å². The molecule has 0 saturated carbocycles. The van der Waals surface area contributed by atoms with Crippen LogP contribution >= 0.6 is 0 Å². The first kappa shape index (κ1) is 9.23. The van der Waals surface area contributed by atoms with Crippen LogP contribution < -0.4 is 0 Å². The van der Waals surface area contributed by atoms with Crippen molar-refractivity contribution in [3.05, 3.63) is 35.4 Å². The Kier molecular flexibility index (Phi) is 2.84. The van der Waals surface area contributed by atoms with Crippen molar-refractivity contribution >= 4 is 0 Å². The lowest BCUT2D eigenvalue weighted by Gasteiger charge is -2.12. The molecular weight excluding hydrogens is 152 g/mol. The molecule has 1 aromatic rings. The van der Waals surface area contributed by atoms with Crippen molar-refractivity contribution in [3.8, 4) is 0 Å². The quantitative estimate of drug-likeness (QED) is 0.693. The Bertz CT molecular complexity index is 227. The monoisotopic (exact) mass is 164 g/mol. The zero-order valence-corrected chi connectivity index (χ0v) is 7.20. The molecule has 0 aliphatic heterocycles. The summed E-state index contributed by atoms with van der Waals surface area (Å²) in [5, 5.41) is 18.6. The lowest BCUT2D eigenvalue weighted by atomic mass is 10.00. The van der Waals surface area contributed by atoms with Crippen LogP contribution in [0.15, 0.2) is 12.1 Å². The summed E-state index contributed by atoms with van der Waals surface area (Å²) in [6.45, 7) is 3.29. The maximum atomic E-state index is 9.29. The third kappa shape index (κ3) is 1.84. The van der Waals surface area contributed by atoms with E-state index in [-0.39, 0.29) is 0 Å². The van der Waals surface area contributed by atoms with E-state index in [0.29, 0.717) is 11.1 Å². The van der Waals surface area contributed by atoms with Gasteiger partial charge in [0.25, 0.3) is 0 Å². The van der Waals surface area contributed by atoms with Gasteiger partial charge in [-0.05, 0) is 37.1 Å². The van der Waals surface area contributed by atoms with Crippen LogP contribution in [0.5, 0.6) is 0 Å². The average molecular weight is 164 g/mol. The summed E-state index contributed by atoms with van der Waals surface area (Å²) < 4.78 is 0. The van der Waals surface area contributed by atoms with Gasteiger partial charge in [0.05, 0.1) is 12.2 Å². The number of rotatable bonds is 2. The Morgan fingerprint density at radius 1 is 1.00 bits per heavy atom. The van der Waals surface area contributed by atoms with E-state index in [9.17, 15) is 10.2 Å². The van der Waals surface area contributed by atoms with Gasteiger partial charge in [-0.1, -0.05) is 12.1 Å². The third-order valence-electron chi connectivity index (χ3n) is 1.69. The molecule has 2 N–H and O–H groups in total. The van der Waals surface area contributed by atoms with E-state index in [4.69, 9.17) is 0 Å². The van der Waals surface area contributed by atoms with Crippen molar-refractivity contribution in [2.75, 3.05) is 0 Å². The lowest BCUT2D eigenvalue weighted by Crippen LogP contribution is -2.01. The summed E-state index contributed by atoms with van der Waals surface area (Å²) in [6.07, 6.45) is -1.21. The summed E-state index contributed by atoms with van der Waals surface area (Å²) in [5.74, 6) is 0. The lowest BCUT2D eigenvalue weighted by molar-refractivity contribution is 0.175. The highest BCUT2D eigenvalue weighted by molar-refractivity contribution is 5.28. The SMILES string of the molecule is CC(O)c1[c]cc[c]c1C(C)O. The van der Waals surface area contributed by atoms with Gasteiger partial charge in [-0.2, -0.15) is 0 Å². The molecule has 1 rings (SSSR count). The number of hydrogen-bond donors (Lipinski definition) is 2. The van der Waals surface area contributed by atoms with Crippen molar-refractivity contribution < 1.29 is 10.2 Å². The van der Waals surface area contributed by atoms with Crippen LogP contribution in [0.3, 0.4) is 0 Å². The van der Waals surface area contributed by atoms with Crippen LogP contribution in [0.4, 0.5) is 0 Å². The van der Waals surface area contributed by atoms with E-state index >= 15 is 0 Å². The predicted octanol–water partition coefficient (Wildman–Crippen LogP) is 1.39. The summed E-state index contributed by atoms with van der Waals surface area (Å²) in [5.41, 5.74) is 1.24. The first-order valence-electron chi connectivity index (χ1n) is 3.91. The molecule has 1 aromatic carbocycles. The van der Waals surface area contributed by atoms with E-state index in [1.54, 1.807) is 26.0 Å². The summed E-state index contributed by atoms with van der Waals surface area (Å²) in [4.78, 5) is 0. The van der Waals surface area contributed by atoms with Gasteiger partial charge in [0, 0.05) is 0 Å². The third-order valence-corrected chi connectivity index (χ3v) is 1.69. The van der Waals surface area contributed by atoms with Gasteiger partial charge in [-0.3, -0.25) is 0 Å². The molecule has 2 radical (unpaired) electrons. The summed E-state index contributed by atoms with van der Waals surface area (Å²) in [7, 11) is 0. The minimum atomic E-state index is -0.605. The second kappa shape index (κ2) is 3.70. The Morgan fingerprint density at radius 2 is 1.33 bits per heavy atom. The predicted molar refractivity (Wildman–Crippen MR) is 45.4 cm³/mol. The summed E-state index contributed by atoms with van der Waals surface area (Å²) in [6, 6.07) is 9.10. The van der Waals surface area contributed by atoms with Crippen LogP contribution in [0, 0.1) is 12.1 Å². The molecule has 2 atom stereocenters. The second-order valence-corrected chi connectivity index (χ2v) is 2.80. The molecule has 0 aromatic heterocycles. The van der Waals surface area contributed by atoms with Crippen LogP contribution in [-0.4, -0.2) is 10.2 Å². The van der Waals surface area contributed by atoms with Crippen LogP contribution in [-0.2, 0) is 0 Å². The number of benzene rings is 1. The molecule has 0 saturated heterocycles. The normalized spacial score (nSPS) is 15.7. The molecule has 0 aliphatic carbocycles. The van der Waals surface area contributed by atoms with E-state index in [1.807, 2.05) is 0 Å². The highest BCUT2D eigenvalue weighted by Gasteiger charge is 2.10. The molecule has 0 fully saturated rings. The van der Waals surface area contributed by atoms with Gasteiger partial charge in [0.2, 0.25) is 0 Å². The maximum absolute atomic E-state index is 9.29. The molecule has 0 aliphatic rings. The maximum Gasteiger partial charge on any atom is 0.0771 e. The highest BCUT2D eigenvalue weighted by Crippen LogP contribution is 2.21. The minimum absolute atomic E-state index is 0.605. The molecule has 0 amide bonds. The fraction of sp³-hybridized carbons (Fsp3) is 0.400. The van der Waals surface area contributed by atoms with Gasteiger partial charge in [-0.25, -0.2) is 0 Å². The Morgan fingerprint density at radius 3 is 1.58 bits per heavy atom. The molecule has 2 heteroatoms. The fourth-order valence-corrected chi connectivity index (χ4v) is 1.11. The van der Waals surface area contributed by atoms with Crippen LogP contribution in [0.1, 0.15) is 37.2 Å². The van der Waals surface area contributed by atoms with E-state index in [1.165, 1.54) is 0 Å².